The summed E-state index contributed by atoms with van der Waals surface area (Å²) in [6, 6.07) is 5.34. The lowest BCUT2D eigenvalue weighted by Crippen LogP contribution is -2.41. The van der Waals surface area contributed by atoms with Crippen LogP contribution < -0.4 is 0 Å². The van der Waals surface area contributed by atoms with E-state index in [1.165, 1.54) is 0 Å². The van der Waals surface area contributed by atoms with Gasteiger partial charge in [-0.3, -0.25) is 0 Å². The van der Waals surface area contributed by atoms with Crippen molar-refractivity contribution < 1.29 is 9.84 Å². The summed E-state index contributed by atoms with van der Waals surface area (Å²) in [6.45, 7) is 2.57. The molecule has 0 aromatic heterocycles. The lowest BCUT2D eigenvalue weighted by Gasteiger charge is -2.36. The molecule has 0 aliphatic carbocycles. The van der Waals surface area contributed by atoms with Gasteiger partial charge in [0.05, 0.1) is 11.7 Å². The lowest BCUT2D eigenvalue weighted by molar-refractivity contribution is -0.0961. The normalized spacial score (nSPS) is 29.3. The summed E-state index contributed by atoms with van der Waals surface area (Å²) in [7, 11) is 0. The third-order valence-electron chi connectivity index (χ3n) is 3.16. The second-order valence-electron chi connectivity index (χ2n) is 4.77. The van der Waals surface area contributed by atoms with Crippen LogP contribution in [0.1, 0.15) is 25.3 Å². The van der Waals surface area contributed by atoms with Gasteiger partial charge in [-0.05, 0) is 37.1 Å². The summed E-state index contributed by atoms with van der Waals surface area (Å²) in [4.78, 5) is 0. The molecule has 17 heavy (non-hydrogen) atoms. The van der Waals surface area contributed by atoms with Crippen molar-refractivity contribution in [1.82, 2.24) is 0 Å². The first kappa shape index (κ1) is 13.2. The quantitative estimate of drug-likeness (QED) is 0.895. The highest BCUT2D eigenvalue weighted by molar-refractivity contribution is 6.33. The van der Waals surface area contributed by atoms with Gasteiger partial charge in [0, 0.05) is 29.5 Å². The van der Waals surface area contributed by atoms with Crippen LogP contribution in [0.15, 0.2) is 18.2 Å². The first-order valence-corrected chi connectivity index (χ1v) is 6.52. The van der Waals surface area contributed by atoms with Crippen LogP contribution >= 0.6 is 23.2 Å². The Morgan fingerprint density at radius 2 is 2.24 bits per heavy atom. The first-order chi connectivity index (χ1) is 7.98. The molecule has 1 aliphatic rings. The zero-order valence-corrected chi connectivity index (χ0v) is 11.3. The summed E-state index contributed by atoms with van der Waals surface area (Å²) in [5.74, 6) is 0. The molecule has 0 spiro atoms. The van der Waals surface area contributed by atoms with Crippen LogP contribution in [0.3, 0.4) is 0 Å². The largest absolute Gasteiger partial charge is 0.389 e. The lowest BCUT2D eigenvalue weighted by atomic mass is 9.85. The van der Waals surface area contributed by atoms with Crippen molar-refractivity contribution in [2.24, 2.45) is 0 Å². The molecule has 0 saturated carbocycles. The molecule has 2 rings (SSSR count). The van der Waals surface area contributed by atoms with E-state index in [9.17, 15) is 5.11 Å². The number of ether oxygens (including phenoxy) is 1. The first-order valence-electron chi connectivity index (χ1n) is 5.76. The minimum Gasteiger partial charge on any atom is -0.389 e. The molecule has 1 N–H and O–H groups in total. The van der Waals surface area contributed by atoms with Crippen molar-refractivity contribution in [2.75, 3.05) is 6.61 Å². The molecule has 0 amide bonds. The molecule has 1 heterocycles. The van der Waals surface area contributed by atoms with Crippen LogP contribution in [0.25, 0.3) is 0 Å². The Balaban J connectivity index is 2.16. The van der Waals surface area contributed by atoms with Gasteiger partial charge >= 0.3 is 0 Å². The van der Waals surface area contributed by atoms with Crippen molar-refractivity contribution in [2.45, 2.75) is 37.9 Å². The SMILES string of the molecule is CC1CC(O)(Cc2cc(Cl)ccc2Cl)CCO1. The molecular formula is C13H16Cl2O2. The van der Waals surface area contributed by atoms with Crippen LogP contribution in [0.4, 0.5) is 0 Å². The van der Waals surface area contributed by atoms with Gasteiger partial charge < -0.3 is 9.84 Å². The molecule has 1 aliphatic heterocycles. The number of halogens is 2. The second kappa shape index (κ2) is 5.15. The van der Waals surface area contributed by atoms with Gasteiger partial charge in [-0.15, -0.1) is 0 Å². The highest BCUT2D eigenvalue weighted by Crippen LogP contribution is 2.31. The predicted molar refractivity (Wildman–Crippen MR) is 69.8 cm³/mol. The molecule has 1 aromatic carbocycles. The zero-order chi connectivity index (χ0) is 12.5. The van der Waals surface area contributed by atoms with Gasteiger partial charge in [0.25, 0.3) is 0 Å². The molecule has 0 bridgehead atoms. The van der Waals surface area contributed by atoms with Crippen LogP contribution in [0.5, 0.6) is 0 Å². The summed E-state index contributed by atoms with van der Waals surface area (Å²) in [5, 5.41) is 11.8. The number of rotatable bonds is 2. The van der Waals surface area contributed by atoms with E-state index in [2.05, 4.69) is 0 Å². The Kier molecular flexibility index (Phi) is 3.99. The maximum Gasteiger partial charge on any atom is 0.0735 e. The van der Waals surface area contributed by atoms with Crippen LogP contribution in [-0.2, 0) is 11.2 Å². The standard InChI is InChI=1S/C13H16Cl2O2/c1-9-7-13(16,4-5-17-9)8-10-6-11(14)2-3-12(10)15/h2-3,6,9,16H,4-5,7-8H2,1H3. The Morgan fingerprint density at radius 3 is 2.94 bits per heavy atom. The fourth-order valence-corrected chi connectivity index (χ4v) is 2.72. The average Bonchev–Trinajstić information content (AvgIpc) is 2.22. The molecule has 2 nitrogen and oxygen atoms in total. The van der Waals surface area contributed by atoms with Crippen LogP contribution in [0.2, 0.25) is 10.0 Å². The van der Waals surface area contributed by atoms with E-state index < -0.39 is 5.60 Å². The molecule has 94 valence electrons. The van der Waals surface area contributed by atoms with Gasteiger partial charge in [-0.1, -0.05) is 23.2 Å². The minimum absolute atomic E-state index is 0.0895. The van der Waals surface area contributed by atoms with Crippen molar-refractivity contribution in [3.05, 3.63) is 33.8 Å². The van der Waals surface area contributed by atoms with Crippen molar-refractivity contribution in [3.63, 3.8) is 0 Å². The zero-order valence-electron chi connectivity index (χ0n) is 9.75. The molecule has 1 aromatic rings. The Labute approximate surface area is 111 Å². The highest BCUT2D eigenvalue weighted by Gasteiger charge is 2.33. The van der Waals surface area contributed by atoms with Gasteiger partial charge in [0.2, 0.25) is 0 Å². The summed E-state index contributed by atoms with van der Waals surface area (Å²) in [6.07, 6.45) is 1.89. The number of aliphatic hydroxyl groups is 1. The Bertz CT molecular complexity index is 408. The summed E-state index contributed by atoms with van der Waals surface area (Å²) >= 11 is 12.1. The monoisotopic (exact) mass is 274 g/mol. The minimum atomic E-state index is -0.730. The smallest absolute Gasteiger partial charge is 0.0735 e. The van der Waals surface area contributed by atoms with Crippen LogP contribution in [-0.4, -0.2) is 23.4 Å². The van der Waals surface area contributed by atoms with Gasteiger partial charge in [0.1, 0.15) is 0 Å². The molecule has 4 heteroatoms. The van der Waals surface area contributed by atoms with E-state index in [4.69, 9.17) is 27.9 Å². The van der Waals surface area contributed by atoms with Crippen molar-refractivity contribution >= 4 is 23.2 Å². The van der Waals surface area contributed by atoms with E-state index in [0.29, 0.717) is 35.9 Å². The number of hydrogen-bond acceptors (Lipinski definition) is 2. The molecule has 2 atom stereocenters. The molecular weight excluding hydrogens is 259 g/mol. The number of hydrogen-bond donors (Lipinski definition) is 1. The topological polar surface area (TPSA) is 29.5 Å². The third-order valence-corrected chi connectivity index (χ3v) is 3.77. The van der Waals surface area contributed by atoms with Crippen LogP contribution in [0, 0.1) is 0 Å². The second-order valence-corrected chi connectivity index (χ2v) is 5.62. The molecule has 2 unspecified atom stereocenters. The van der Waals surface area contributed by atoms with Crippen molar-refractivity contribution in [3.8, 4) is 0 Å². The van der Waals surface area contributed by atoms with E-state index in [0.717, 1.165) is 5.56 Å². The van der Waals surface area contributed by atoms with E-state index in [1.54, 1.807) is 12.1 Å². The van der Waals surface area contributed by atoms with Gasteiger partial charge in [-0.2, -0.15) is 0 Å². The van der Waals surface area contributed by atoms with E-state index in [-0.39, 0.29) is 6.10 Å². The molecule has 1 fully saturated rings. The van der Waals surface area contributed by atoms with Gasteiger partial charge in [-0.25, -0.2) is 0 Å². The average molecular weight is 275 g/mol. The molecule has 0 radical (unpaired) electrons. The Hall–Kier alpha value is -0.280. The van der Waals surface area contributed by atoms with E-state index >= 15 is 0 Å². The fraction of sp³-hybridized carbons (Fsp3) is 0.538. The maximum absolute atomic E-state index is 10.5. The summed E-state index contributed by atoms with van der Waals surface area (Å²) < 4.78 is 5.45. The fourth-order valence-electron chi connectivity index (χ4n) is 2.34. The van der Waals surface area contributed by atoms with Gasteiger partial charge in [0.15, 0.2) is 0 Å². The Morgan fingerprint density at radius 1 is 1.47 bits per heavy atom. The molecule has 1 saturated heterocycles. The maximum atomic E-state index is 10.5. The highest BCUT2D eigenvalue weighted by atomic mass is 35.5. The van der Waals surface area contributed by atoms with E-state index in [1.807, 2.05) is 13.0 Å². The summed E-state index contributed by atoms with van der Waals surface area (Å²) in [5.41, 5.74) is 0.169. The number of benzene rings is 1. The van der Waals surface area contributed by atoms with Crippen molar-refractivity contribution in [1.29, 1.82) is 0 Å². The third kappa shape index (κ3) is 3.35. The predicted octanol–water partition coefficient (Wildman–Crippen LogP) is 3.47.